The first-order valence-corrected chi connectivity index (χ1v) is 15.7. The molecule has 5 rings (SSSR count). The van der Waals surface area contributed by atoms with E-state index in [-0.39, 0.29) is 17.3 Å². The van der Waals surface area contributed by atoms with Crippen molar-refractivity contribution < 1.29 is 14.4 Å². The molecule has 0 saturated carbocycles. The first kappa shape index (κ1) is 28.9. The minimum Gasteiger partial charge on any atom is -0.303 e. The van der Waals surface area contributed by atoms with Gasteiger partial charge in [-0.05, 0) is 126 Å². The molecule has 0 atom stereocenters. The molecular weight excluding hydrogens is 496 g/mol. The minimum absolute atomic E-state index is 0.0760. The van der Waals surface area contributed by atoms with Crippen molar-refractivity contribution in [2.45, 2.75) is 78.1 Å². The number of hydrogen-bond donors (Lipinski definition) is 0. The third kappa shape index (κ3) is 6.98. The van der Waals surface area contributed by atoms with Crippen LogP contribution in [0, 0.1) is 11.8 Å². The summed E-state index contributed by atoms with van der Waals surface area (Å²) in [6.45, 7) is 11.5. The molecule has 2 aromatic rings. The van der Waals surface area contributed by atoms with Crippen LogP contribution < -0.4 is 0 Å². The first-order chi connectivity index (χ1) is 19.4. The lowest BCUT2D eigenvalue weighted by atomic mass is 9.97. The molecule has 2 aromatic carbocycles. The Balaban J connectivity index is 1.11. The van der Waals surface area contributed by atoms with E-state index in [0.717, 1.165) is 61.7 Å². The highest BCUT2D eigenvalue weighted by Crippen LogP contribution is 2.38. The van der Waals surface area contributed by atoms with Gasteiger partial charge in [-0.2, -0.15) is 0 Å². The molecule has 3 aliphatic rings. The van der Waals surface area contributed by atoms with Gasteiger partial charge < -0.3 is 9.80 Å². The van der Waals surface area contributed by atoms with Gasteiger partial charge in [0.25, 0.3) is 0 Å². The fourth-order valence-electron chi connectivity index (χ4n) is 6.53. The highest BCUT2D eigenvalue weighted by molar-refractivity contribution is 6.23. The zero-order valence-corrected chi connectivity index (χ0v) is 24.6. The monoisotopic (exact) mass is 542 g/mol. The third-order valence-corrected chi connectivity index (χ3v) is 9.47. The van der Waals surface area contributed by atoms with E-state index in [1.807, 2.05) is 24.3 Å². The molecule has 0 aromatic heterocycles. The second-order valence-corrected chi connectivity index (χ2v) is 12.7. The van der Waals surface area contributed by atoms with Gasteiger partial charge in [0.1, 0.15) is 0 Å². The number of nitrogens with zero attached hydrogens (tertiary/aromatic N) is 2. The van der Waals surface area contributed by atoms with Crippen LogP contribution in [0.3, 0.4) is 0 Å². The summed E-state index contributed by atoms with van der Waals surface area (Å²) in [5, 5.41) is 0. The van der Waals surface area contributed by atoms with E-state index in [1.54, 1.807) is 12.1 Å². The zero-order valence-electron chi connectivity index (χ0n) is 24.6. The van der Waals surface area contributed by atoms with Crippen molar-refractivity contribution in [3.8, 4) is 11.1 Å². The smallest absolute Gasteiger partial charge is 0.194 e. The van der Waals surface area contributed by atoms with E-state index in [4.69, 9.17) is 0 Å². The summed E-state index contributed by atoms with van der Waals surface area (Å²) in [6, 6.07) is 11.1. The number of hydrogen-bond acceptors (Lipinski definition) is 5. The Morgan fingerprint density at radius 3 is 1.43 bits per heavy atom. The summed E-state index contributed by atoms with van der Waals surface area (Å²) >= 11 is 0. The number of carbonyl (C=O) groups is 3. The standard InChI is InChI=1S/C35H46N2O3/c1-25-13-19-36(20-14-25)17-5-3-7-33(38)27-9-11-29-30-12-10-28(24-32(30)35(40)31(29)23-27)34(39)8-4-6-18-37-21-15-26(2)16-22-37/h9-12,23-26H,3-8,13-22H2,1-2H3. The van der Waals surface area contributed by atoms with Gasteiger partial charge >= 0.3 is 0 Å². The summed E-state index contributed by atoms with van der Waals surface area (Å²) in [4.78, 5) is 44.2. The predicted octanol–water partition coefficient (Wildman–Crippen LogP) is 7.07. The number of benzene rings is 2. The van der Waals surface area contributed by atoms with Gasteiger partial charge in [-0.25, -0.2) is 0 Å². The molecule has 2 saturated heterocycles. The van der Waals surface area contributed by atoms with Gasteiger partial charge in [0, 0.05) is 35.1 Å². The summed E-state index contributed by atoms with van der Waals surface area (Å²) in [5.41, 5.74) is 4.14. The molecule has 0 spiro atoms. The molecule has 5 nitrogen and oxygen atoms in total. The maximum Gasteiger partial charge on any atom is 0.194 e. The first-order valence-electron chi connectivity index (χ1n) is 15.7. The maximum atomic E-state index is 13.3. The number of piperidine rings is 2. The van der Waals surface area contributed by atoms with Crippen LogP contribution >= 0.6 is 0 Å². The van der Waals surface area contributed by atoms with Crippen LogP contribution in [0.4, 0.5) is 0 Å². The summed E-state index contributed by atoms with van der Waals surface area (Å²) < 4.78 is 0. The predicted molar refractivity (Wildman–Crippen MR) is 161 cm³/mol. The van der Waals surface area contributed by atoms with Gasteiger partial charge in [-0.15, -0.1) is 0 Å². The number of likely N-dealkylation sites (tertiary alicyclic amines) is 2. The number of unbranched alkanes of at least 4 members (excludes halogenated alkanes) is 2. The van der Waals surface area contributed by atoms with Gasteiger partial charge in [0.15, 0.2) is 17.3 Å². The molecule has 2 fully saturated rings. The normalized spacial score (nSPS) is 18.6. The molecule has 0 N–H and O–H groups in total. The van der Waals surface area contributed by atoms with Crippen molar-refractivity contribution in [2.75, 3.05) is 39.3 Å². The Bertz CT molecular complexity index is 1130. The van der Waals surface area contributed by atoms with Crippen LogP contribution in [0.5, 0.6) is 0 Å². The zero-order chi connectivity index (χ0) is 28.1. The Hall–Kier alpha value is -2.63. The van der Waals surface area contributed by atoms with E-state index in [9.17, 15) is 14.4 Å². The average molecular weight is 543 g/mol. The second kappa shape index (κ2) is 13.4. The van der Waals surface area contributed by atoms with Crippen molar-refractivity contribution in [1.29, 1.82) is 0 Å². The molecule has 1 aliphatic carbocycles. The fraction of sp³-hybridized carbons (Fsp3) is 0.571. The van der Waals surface area contributed by atoms with Gasteiger partial charge in [0.2, 0.25) is 0 Å². The summed E-state index contributed by atoms with van der Waals surface area (Å²) in [7, 11) is 0. The Labute approximate surface area is 240 Å². The van der Waals surface area contributed by atoms with E-state index < -0.39 is 0 Å². The minimum atomic E-state index is -0.0760. The number of Topliss-reactive ketones (excluding diaryl/α,β-unsaturated/α-hetero) is 2. The van der Waals surface area contributed by atoms with E-state index in [2.05, 4.69) is 23.6 Å². The lowest BCUT2D eigenvalue weighted by Gasteiger charge is -2.30. The number of ketones is 3. The Morgan fingerprint density at radius 1 is 0.625 bits per heavy atom. The fourth-order valence-corrected chi connectivity index (χ4v) is 6.53. The molecule has 2 aliphatic heterocycles. The van der Waals surface area contributed by atoms with E-state index in [1.165, 1.54) is 51.9 Å². The Kier molecular flexibility index (Phi) is 9.64. The third-order valence-electron chi connectivity index (χ3n) is 9.47. The van der Waals surface area contributed by atoms with Crippen LogP contribution in [0.1, 0.15) is 115 Å². The molecule has 2 heterocycles. The molecule has 0 bridgehead atoms. The van der Waals surface area contributed by atoms with Crippen molar-refractivity contribution in [3.05, 3.63) is 58.7 Å². The molecule has 0 radical (unpaired) electrons. The lowest BCUT2D eigenvalue weighted by Crippen LogP contribution is -2.33. The van der Waals surface area contributed by atoms with Crippen molar-refractivity contribution in [1.82, 2.24) is 9.80 Å². The van der Waals surface area contributed by atoms with Crippen LogP contribution in [0.25, 0.3) is 11.1 Å². The molecule has 5 heteroatoms. The molecule has 0 unspecified atom stereocenters. The second-order valence-electron chi connectivity index (χ2n) is 12.7. The quantitative estimate of drug-likeness (QED) is 0.181. The number of carbonyl (C=O) groups excluding carboxylic acids is 3. The van der Waals surface area contributed by atoms with E-state index in [0.29, 0.717) is 35.1 Å². The largest absolute Gasteiger partial charge is 0.303 e. The van der Waals surface area contributed by atoms with Crippen molar-refractivity contribution >= 4 is 17.3 Å². The molecule has 0 amide bonds. The summed E-state index contributed by atoms with van der Waals surface area (Å²) in [6.07, 6.45) is 9.94. The lowest BCUT2D eigenvalue weighted by molar-refractivity contribution is 0.0968. The van der Waals surface area contributed by atoms with E-state index >= 15 is 0 Å². The number of rotatable bonds is 12. The van der Waals surface area contributed by atoms with Crippen LogP contribution in [0.15, 0.2) is 36.4 Å². The van der Waals surface area contributed by atoms with Crippen LogP contribution in [-0.4, -0.2) is 66.4 Å². The molecular formula is C35H46N2O3. The van der Waals surface area contributed by atoms with Crippen molar-refractivity contribution in [2.24, 2.45) is 11.8 Å². The summed E-state index contributed by atoms with van der Waals surface area (Å²) in [5.74, 6) is 1.81. The van der Waals surface area contributed by atoms with Gasteiger partial charge in [0.05, 0.1) is 0 Å². The maximum absolute atomic E-state index is 13.3. The SMILES string of the molecule is CC1CCN(CCCCC(=O)c2ccc3c(c2)C(=O)c2cc(C(=O)CCCCN4CCC(C)CC4)ccc2-3)CC1. The van der Waals surface area contributed by atoms with Crippen LogP contribution in [0.2, 0.25) is 0 Å². The topological polar surface area (TPSA) is 57.7 Å². The number of fused-ring (bicyclic) bond motifs is 3. The highest BCUT2D eigenvalue weighted by atomic mass is 16.1. The molecule has 40 heavy (non-hydrogen) atoms. The Morgan fingerprint density at radius 2 is 1.02 bits per heavy atom. The van der Waals surface area contributed by atoms with Gasteiger partial charge in [-0.1, -0.05) is 38.1 Å². The molecule has 214 valence electrons. The van der Waals surface area contributed by atoms with Crippen molar-refractivity contribution in [3.63, 3.8) is 0 Å². The van der Waals surface area contributed by atoms with Crippen LogP contribution in [-0.2, 0) is 0 Å². The van der Waals surface area contributed by atoms with Gasteiger partial charge in [-0.3, -0.25) is 14.4 Å². The highest BCUT2D eigenvalue weighted by Gasteiger charge is 2.28. The average Bonchev–Trinajstić information content (AvgIpc) is 3.25.